The van der Waals surface area contributed by atoms with Crippen LogP contribution in [-0.4, -0.2) is 49.3 Å². The maximum absolute atomic E-state index is 12.6. The number of carbonyl (C=O) groups is 1. The molecule has 7 heteroatoms. The summed E-state index contributed by atoms with van der Waals surface area (Å²) < 4.78 is 0. The topological polar surface area (TPSA) is 90.6 Å². The normalized spacial score (nSPS) is 24.6. The number of H-pyrrole nitrogens is 2. The lowest BCUT2D eigenvalue weighted by Gasteiger charge is -2.14. The lowest BCUT2D eigenvalue weighted by molar-refractivity contribution is 0.0785. The first-order valence-electron chi connectivity index (χ1n) is 8.33. The van der Waals surface area contributed by atoms with Gasteiger partial charge in [-0.2, -0.15) is 10.2 Å². The second kappa shape index (κ2) is 5.47. The van der Waals surface area contributed by atoms with E-state index in [0.29, 0.717) is 23.9 Å². The molecule has 2 fully saturated rings. The van der Waals surface area contributed by atoms with Gasteiger partial charge in [0.05, 0.1) is 11.8 Å². The summed E-state index contributed by atoms with van der Waals surface area (Å²) in [7, 11) is 0. The molecule has 2 N–H and O–H groups in total. The molecule has 23 heavy (non-hydrogen) atoms. The molecule has 0 unspecified atom stereocenters. The molecular weight excluding hydrogens is 292 g/mol. The van der Waals surface area contributed by atoms with Crippen molar-refractivity contribution in [2.24, 2.45) is 11.8 Å². The fourth-order valence-electron chi connectivity index (χ4n) is 3.55. The fraction of sp³-hybridized carbons (Fsp3) is 0.625. The highest BCUT2D eigenvalue weighted by molar-refractivity contribution is 5.93. The van der Waals surface area contributed by atoms with Gasteiger partial charge in [-0.15, -0.1) is 0 Å². The van der Waals surface area contributed by atoms with E-state index in [9.17, 15) is 4.79 Å². The molecule has 1 saturated carbocycles. The molecule has 1 aliphatic heterocycles. The van der Waals surface area contributed by atoms with Crippen LogP contribution in [0.3, 0.4) is 0 Å². The summed E-state index contributed by atoms with van der Waals surface area (Å²) in [5.74, 6) is 3.62. The van der Waals surface area contributed by atoms with Gasteiger partial charge < -0.3 is 4.90 Å². The molecule has 0 spiro atoms. The van der Waals surface area contributed by atoms with E-state index < -0.39 is 0 Å². The fourth-order valence-corrected chi connectivity index (χ4v) is 3.55. The van der Waals surface area contributed by atoms with E-state index in [2.05, 4.69) is 39.2 Å². The van der Waals surface area contributed by atoms with Crippen molar-refractivity contribution in [1.82, 2.24) is 30.3 Å². The number of rotatable bonds is 4. The number of likely N-dealkylation sites (tertiary alicyclic amines) is 1. The number of hydrogen-bond acceptors (Lipinski definition) is 4. The van der Waals surface area contributed by atoms with Crippen molar-refractivity contribution in [3.05, 3.63) is 29.6 Å². The highest BCUT2D eigenvalue weighted by atomic mass is 16.2. The third-order valence-electron chi connectivity index (χ3n) is 5.01. The third-order valence-corrected chi connectivity index (χ3v) is 5.01. The van der Waals surface area contributed by atoms with E-state index >= 15 is 0 Å². The van der Waals surface area contributed by atoms with E-state index in [1.807, 2.05) is 4.90 Å². The SMILES string of the molecule is CC(C)c1n[nH]c([C@H]2CN(C(=O)c3cn[nH]c3)C[C@@H]2C2CC2)n1. The summed E-state index contributed by atoms with van der Waals surface area (Å²) in [6.07, 6.45) is 5.78. The third kappa shape index (κ3) is 2.64. The highest BCUT2D eigenvalue weighted by Crippen LogP contribution is 2.47. The van der Waals surface area contributed by atoms with Crippen molar-refractivity contribution >= 4 is 5.91 Å². The Morgan fingerprint density at radius 2 is 2.17 bits per heavy atom. The predicted molar refractivity (Wildman–Crippen MR) is 83.9 cm³/mol. The van der Waals surface area contributed by atoms with Crippen LogP contribution in [0, 0.1) is 11.8 Å². The molecule has 1 saturated heterocycles. The van der Waals surface area contributed by atoms with Crippen molar-refractivity contribution in [3.63, 3.8) is 0 Å². The first-order chi connectivity index (χ1) is 11.1. The van der Waals surface area contributed by atoms with Crippen LogP contribution in [0.1, 0.15) is 60.5 Å². The molecule has 2 aliphatic rings. The quantitative estimate of drug-likeness (QED) is 0.902. The maximum Gasteiger partial charge on any atom is 0.257 e. The lowest BCUT2D eigenvalue weighted by atomic mass is 9.91. The first-order valence-corrected chi connectivity index (χ1v) is 8.33. The molecule has 2 aromatic rings. The Morgan fingerprint density at radius 3 is 2.78 bits per heavy atom. The van der Waals surface area contributed by atoms with Crippen LogP contribution >= 0.6 is 0 Å². The predicted octanol–water partition coefficient (Wildman–Crippen LogP) is 1.92. The molecule has 2 atom stereocenters. The number of carbonyl (C=O) groups excluding carboxylic acids is 1. The zero-order valence-corrected chi connectivity index (χ0v) is 13.5. The molecule has 1 aliphatic carbocycles. The summed E-state index contributed by atoms with van der Waals surface area (Å²) in [6.45, 7) is 5.69. The molecule has 4 rings (SSSR count). The second-order valence-corrected chi connectivity index (χ2v) is 7.04. The largest absolute Gasteiger partial charge is 0.337 e. The minimum atomic E-state index is 0.0514. The Bertz CT molecular complexity index is 687. The van der Waals surface area contributed by atoms with Crippen molar-refractivity contribution in [2.75, 3.05) is 13.1 Å². The first kappa shape index (κ1) is 14.4. The maximum atomic E-state index is 12.6. The number of amides is 1. The van der Waals surface area contributed by atoms with Crippen LogP contribution in [0.2, 0.25) is 0 Å². The van der Waals surface area contributed by atoms with Gasteiger partial charge >= 0.3 is 0 Å². The minimum absolute atomic E-state index is 0.0514. The Labute approximate surface area is 134 Å². The van der Waals surface area contributed by atoms with Crippen LogP contribution in [-0.2, 0) is 0 Å². The molecule has 3 heterocycles. The molecule has 1 amide bonds. The van der Waals surface area contributed by atoms with Crippen LogP contribution < -0.4 is 0 Å². The van der Waals surface area contributed by atoms with Crippen molar-refractivity contribution in [1.29, 1.82) is 0 Å². The Kier molecular flexibility index (Phi) is 3.43. The van der Waals surface area contributed by atoms with E-state index in [4.69, 9.17) is 0 Å². The molecule has 0 aromatic carbocycles. The zero-order valence-electron chi connectivity index (χ0n) is 13.5. The summed E-state index contributed by atoms with van der Waals surface area (Å²) in [5.41, 5.74) is 0.626. The van der Waals surface area contributed by atoms with Gasteiger partial charge in [0.1, 0.15) is 5.82 Å². The molecule has 0 radical (unpaired) electrons. The van der Waals surface area contributed by atoms with Crippen molar-refractivity contribution < 1.29 is 4.79 Å². The number of hydrogen-bond donors (Lipinski definition) is 2. The van der Waals surface area contributed by atoms with E-state index in [0.717, 1.165) is 24.1 Å². The second-order valence-electron chi connectivity index (χ2n) is 7.04. The molecule has 122 valence electrons. The molecule has 7 nitrogen and oxygen atoms in total. The van der Waals surface area contributed by atoms with Crippen LogP contribution in [0.4, 0.5) is 0 Å². The van der Waals surface area contributed by atoms with E-state index in [-0.39, 0.29) is 11.8 Å². The number of nitrogens with zero attached hydrogens (tertiary/aromatic N) is 4. The van der Waals surface area contributed by atoms with Crippen LogP contribution in [0.5, 0.6) is 0 Å². The van der Waals surface area contributed by atoms with Crippen LogP contribution in [0.15, 0.2) is 12.4 Å². The van der Waals surface area contributed by atoms with Crippen molar-refractivity contribution in [2.45, 2.75) is 38.5 Å². The van der Waals surface area contributed by atoms with E-state index in [1.165, 1.54) is 12.8 Å². The molecular formula is C16H22N6O. The zero-order chi connectivity index (χ0) is 16.0. The standard InChI is InChI=1S/C16H22N6O/c1-9(2)14-19-15(21-20-14)13-8-22(7-12(13)10-3-4-10)16(23)11-5-17-18-6-11/h5-6,9-10,12-13H,3-4,7-8H2,1-2H3,(H,17,18)(H,19,20,21)/t12-,13+/m1/s1. The number of nitrogens with one attached hydrogen (secondary N) is 2. The number of aromatic nitrogens is 5. The Hall–Kier alpha value is -2.18. The summed E-state index contributed by atoms with van der Waals surface area (Å²) in [5, 5.41) is 14.1. The van der Waals surface area contributed by atoms with E-state index in [1.54, 1.807) is 12.4 Å². The minimum Gasteiger partial charge on any atom is -0.337 e. The van der Waals surface area contributed by atoms with Gasteiger partial charge in [0.2, 0.25) is 0 Å². The summed E-state index contributed by atoms with van der Waals surface area (Å²) in [4.78, 5) is 19.2. The Balaban J connectivity index is 1.56. The smallest absolute Gasteiger partial charge is 0.257 e. The van der Waals surface area contributed by atoms with Gasteiger partial charge in [0, 0.05) is 31.1 Å². The van der Waals surface area contributed by atoms with Crippen LogP contribution in [0.25, 0.3) is 0 Å². The summed E-state index contributed by atoms with van der Waals surface area (Å²) in [6, 6.07) is 0. The number of aromatic amines is 2. The van der Waals surface area contributed by atoms with Gasteiger partial charge in [-0.1, -0.05) is 13.8 Å². The van der Waals surface area contributed by atoms with Gasteiger partial charge in [-0.05, 0) is 24.7 Å². The molecule has 0 bridgehead atoms. The molecule has 2 aromatic heterocycles. The van der Waals surface area contributed by atoms with Crippen molar-refractivity contribution in [3.8, 4) is 0 Å². The monoisotopic (exact) mass is 314 g/mol. The average molecular weight is 314 g/mol. The summed E-state index contributed by atoms with van der Waals surface area (Å²) >= 11 is 0. The van der Waals surface area contributed by atoms with Gasteiger partial charge in [0.15, 0.2) is 5.82 Å². The van der Waals surface area contributed by atoms with Gasteiger partial charge in [-0.3, -0.25) is 15.0 Å². The Morgan fingerprint density at radius 1 is 1.35 bits per heavy atom. The van der Waals surface area contributed by atoms with Gasteiger partial charge in [0.25, 0.3) is 5.91 Å². The highest BCUT2D eigenvalue weighted by Gasteiger charge is 2.45. The van der Waals surface area contributed by atoms with Gasteiger partial charge in [-0.25, -0.2) is 4.98 Å². The lowest BCUT2D eigenvalue weighted by Crippen LogP contribution is -2.28. The average Bonchev–Trinajstić information content (AvgIpc) is 3.03.